The second kappa shape index (κ2) is 1.48. The second-order valence-electron chi connectivity index (χ2n) is 2.68. The van der Waals surface area contributed by atoms with Crippen molar-refractivity contribution in [3.8, 4) is 0 Å². The molecule has 1 saturated carbocycles. The molecule has 0 nitrogen and oxygen atoms in total. The molecule has 8 heavy (non-hydrogen) atoms. The van der Waals surface area contributed by atoms with E-state index in [0.717, 1.165) is 0 Å². The molecule has 2 bridgehead atoms. The number of hydrogen-bond acceptors (Lipinski definition) is 0. The van der Waals surface area contributed by atoms with Crippen LogP contribution in [0.5, 0.6) is 0 Å². The molecular weight excluding hydrogens is 96.1 g/mol. The van der Waals surface area contributed by atoms with Crippen LogP contribution in [0, 0.1) is 0 Å². The molecule has 0 heteroatoms. The zero-order valence-electron chi connectivity index (χ0n) is 4.98. The number of hydrogen-bond donors (Lipinski definition) is 0. The molecule has 0 unspecified atom stereocenters. The van der Waals surface area contributed by atoms with Crippen LogP contribution in [0.4, 0.5) is 0 Å². The third kappa shape index (κ3) is 0.525. The molecule has 0 amide bonds. The van der Waals surface area contributed by atoms with Crippen molar-refractivity contribution >= 4 is 0 Å². The lowest BCUT2D eigenvalue weighted by Gasteiger charge is -2.10. The molecule has 1 fully saturated rings. The van der Waals surface area contributed by atoms with E-state index in [2.05, 4.69) is 12.2 Å². The Morgan fingerprint density at radius 2 is 1.62 bits per heavy atom. The monoisotopic (exact) mass is 106 g/mol. The van der Waals surface area contributed by atoms with Gasteiger partial charge in [0.15, 0.2) is 0 Å². The Labute approximate surface area is 49.9 Å². The lowest BCUT2D eigenvalue weighted by atomic mass is 9.95. The SMILES string of the molecule is C1=C2CCCC(=C1)C2. The maximum atomic E-state index is 2.29. The fourth-order valence-electron chi connectivity index (χ4n) is 1.53. The molecule has 42 valence electrons. The van der Waals surface area contributed by atoms with Crippen molar-refractivity contribution in [3.05, 3.63) is 23.3 Å². The predicted octanol–water partition coefficient (Wildman–Crippen LogP) is 2.43. The summed E-state index contributed by atoms with van der Waals surface area (Å²) in [7, 11) is 0. The Kier molecular flexibility index (Phi) is 0.806. The maximum Gasteiger partial charge on any atom is -0.0102 e. The van der Waals surface area contributed by atoms with Crippen LogP contribution in [-0.4, -0.2) is 0 Å². The molecule has 2 rings (SSSR count). The highest BCUT2D eigenvalue weighted by Crippen LogP contribution is 2.32. The van der Waals surface area contributed by atoms with Crippen LogP contribution in [0.2, 0.25) is 0 Å². The third-order valence-electron chi connectivity index (χ3n) is 2.00. The first-order chi connectivity index (χ1) is 3.95. The second-order valence-corrected chi connectivity index (χ2v) is 2.68. The van der Waals surface area contributed by atoms with E-state index in [0.29, 0.717) is 0 Å². The van der Waals surface area contributed by atoms with Crippen molar-refractivity contribution in [2.45, 2.75) is 25.7 Å². The third-order valence-corrected chi connectivity index (χ3v) is 2.00. The molecule has 0 heterocycles. The minimum atomic E-state index is 1.31. The number of fused-ring (bicyclic) bond motifs is 2. The largest absolute Gasteiger partial charge is 0.0661 e. The molecule has 0 spiro atoms. The van der Waals surface area contributed by atoms with Crippen LogP contribution < -0.4 is 0 Å². The van der Waals surface area contributed by atoms with Crippen molar-refractivity contribution in [1.82, 2.24) is 0 Å². The summed E-state index contributed by atoms with van der Waals surface area (Å²) in [6.07, 6.45) is 10.0. The van der Waals surface area contributed by atoms with E-state index in [1.165, 1.54) is 25.7 Å². The molecule has 0 aromatic heterocycles. The minimum Gasteiger partial charge on any atom is -0.0661 e. The van der Waals surface area contributed by atoms with E-state index < -0.39 is 0 Å². The van der Waals surface area contributed by atoms with Gasteiger partial charge in [0.2, 0.25) is 0 Å². The highest BCUT2D eigenvalue weighted by Gasteiger charge is 2.12. The highest BCUT2D eigenvalue weighted by atomic mass is 14.2. The highest BCUT2D eigenvalue weighted by molar-refractivity contribution is 5.32. The molecule has 2 aliphatic rings. The summed E-state index contributed by atoms with van der Waals surface area (Å²) < 4.78 is 0. The molecular formula is C8H10. The van der Waals surface area contributed by atoms with Crippen molar-refractivity contribution in [3.63, 3.8) is 0 Å². The maximum absolute atomic E-state index is 2.29. The summed E-state index contributed by atoms with van der Waals surface area (Å²) >= 11 is 0. The standard InChI is InChI=1S/C8H10/c1-2-7-4-5-8(3-1)6-7/h4-5H,1-3,6H2. The summed E-state index contributed by atoms with van der Waals surface area (Å²) in [5.41, 5.74) is 3.32. The van der Waals surface area contributed by atoms with Gasteiger partial charge < -0.3 is 0 Å². The zero-order valence-corrected chi connectivity index (χ0v) is 4.98. The van der Waals surface area contributed by atoms with E-state index in [1.807, 2.05) is 0 Å². The molecule has 2 aliphatic carbocycles. The molecule has 0 atom stereocenters. The van der Waals surface area contributed by atoms with E-state index in [9.17, 15) is 0 Å². The van der Waals surface area contributed by atoms with E-state index >= 15 is 0 Å². The Morgan fingerprint density at radius 3 is 2.12 bits per heavy atom. The van der Waals surface area contributed by atoms with Gasteiger partial charge in [0.25, 0.3) is 0 Å². The van der Waals surface area contributed by atoms with Crippen LogP contribution in [0.15, 0.2) is 23.3 Å². The van der Waals surface area contributed by atoms with Gasteiger partial charge >= 0.3 is 0 Å². The average Bonchev–Trinajstić information content (AvgIpc) is 2.12. The number of rotatable bonds is 0. The van der Waals surface area contributed by atoms with Crippen LogP contribution in [0.1, 0.15) is 25.7 Å². The summed E-state index contributed by atoms with van der Waals surface area (Å²) in [5, 5.41) is 0. The van der Waals surface area contributed by atoms with Gasteiger partial charge in [-0.25, -0.2) is 0 Å². The van der Waals surface area contributed by atoms with E-state index in [1.54, 1.807) is 11.1 Å². The average molecular weight is 106 g/mol. The lowest BCUT2D eigenvalue weighted by molar-refractivity contribution is 0.726. The molecule has 0 aromatic carbocycles. The van der Waals surface area contributed by atoms with Crippen LogP contribution in [0.25, 0.3) is 0 Å². The van der Waals surface area contributed by atoms with Gasteiger partial charge in [0.1, 0.15) is 0 Å². The van der Waals surface area contributed by atoms with E-state index in [4.69, 9.17) is 0 Å². The summed E-state index contributed by atoms with van der Waals surface area (Å²) in [4.78, 5) is 0. The summed E-state index contributed by atoms with van der Waals surface area (Å²) in [6.45, 7) is 0. The minimum absolute atomic E-state index is 1.31. The quantitative estimate of drug-likeness (QED) is 0.445. The fraction of sp³-hybridized carbons (Fsp3) is 0.500. The Morgan fingerprint density at radius 1 is 1.00 bits per heavy atom. The first-order valence-electron chi connectivity index (χ1n) is 3.32. The normalized spacial score (nSPS) is 25.0. The van der Waals surface area contributed by atoms with Crippen LogP contribution in [-0.2, 0) is 0 Å². The van der Waals surface area contributed by atoms with E-state index in [-0.39, 0.29) is 0 Å². The van der Waals surface area contributed by atoms with Gasteiger partial charge in [-0.05, 0) is 25.7 Å². The summed E-state index contributed by atoms with van der Waals surface area (Å²) in [5.74, 6) is 0. The molecule has 0 radical (unpaired) electrons. The van der Waals surface area contributed by atoms with Gasteiger partial charge in [-0.3, -0.25) is 0 Å². The van der Waals surface area contributed by atoms with Crippen LogP contribution in [0.3, 0.4) is 0 Å². The molecule has 0 aromatic rings. The first-order valence-corrected chi connectivity index (χ1v) is 3.32. The van der Waals surface area contributed by atoms with Gasteiger partial charge in [-0.1, -0.05) is 23.3 Å². The lowest BCUT2D eigenvalue weighted by Crippen LogP contribution is -1.91. The van der Waals surface area contributed by atoms with Gasteiger partial charge in [0.05, 0.1) is 0 Å². The predicted molar refractivity (Wildman–Crippen MR) is 34.6 cm³/mol. The zero-order chi connectivity index (χ0) is 5.40. The van der Waals surface area contributed by atoms with Gasteiger partial charge in [0, 0.05) is 0 Å². The van der Waals surface area contributed by atoms with Crippen molar-refractivity contribution in [2.75, 3.05) is 0 Å². The number of allylic oxidation sites excluding steroid dienone is 4. The first kappa shape index (κ1) is 4.37. The van der Waals surface area contributed by atoms with Gasteiger partial charge in [-0.2, -0.15) is 0 Å². The Balaban J connectivity index is 2.29. The molecule has 0 saturated heterocycles. The Bertz CT molecular complexity index is 143. The topological polar surface area (TPSA) is 0 Å². The Hall–Kier alpha value is -0.520. The van der Waals surface area contributed by atoms with Crippen molar-refractivity contribution in [2.24, 2.45) is 0 Å². The van der Waals surface area contributed by atoms with Gasteiger partial charge in [-0.15, -0.1) is 0 Å². The smallest absolute Gasteiger partial charge is 0.0102 e. The molecule has 0 N–H and O–H groups in total. The van der Waals surface area contributed by atoms with Crippen LogP contribution >= 0.6 is 0 Å². The summed E-state index contributed by atoms with van der Waals surface area (Å²) in [6, 6.07) is 0. The fourth-order valence-corrected chi connectivity index (χ4v) is 1.53. The van der Waals surface area contributed by atoms with Crippen molar-refractivity contribution in [1.29, 1.82) is 0 Å². The van der Waals surface area contributed by atoms with Crippen molar-refractivity contribution < 1.29 is 0 Å². The molecule has 0 aliphatic heterocycles.